The lowest BCUT2D eigenvalue weighted by Crippen LogP contribution is -2.43. The summed E-state index contributed by atoms with van der Waals surface area (Å²) in [4.78, 5) is 30.8. The molecule has 12 heteroatoms. The molecule has 0 bridgehead atoms. The van der Waals surface area contributed by atoms with E-state index in [9.17, 15) is 22.8 Å². The van der Waals surface area contributed by atoms with Gasteiger partial charge in [0.25, 0.3) is 5.91 Å². The van der Waals surface area contributed by atoms with Crippen molar-refractivity contribution < 1.29 is 27.9 Å². The van der Waals surface area contributed by atoms with Crippen LogP contribution in [0.4, 0.5) is 23.7 Å². The highest BCUT2D eigenvalue weighted by Crippen LogP contribution is 2.29. The number of hydrogen-bond donors (Lipinski definition) is 4. The van der Waals surface area contributed by atoms with Gasteiger partial charge in [-0.3, -0.25) is 4.79 Å². The molecule has 0 aromatic heterocycles. The third-order valence-corrected chi connectivity index (χ3v) is 5.20. The van der Waals surface area contributed by atoms with Crippen molar-refractivity contribution in [3.05, 3.63) is 64.2 Å². The number of amidine groups is 1. The number of anilines is 1. The minimum Gasteiger partial charge on any atom is -0.395 e. The summed E-state index contributed by atoms with van der Waals surface area (Å²) in [5, 5.41) is 17.3. The predicted octanol–water partition coefficient (Wildman–Crippen LogP) is 3.14. The van der Waals surface area contributed by atoms with Crippen LogP contribution in [-0.2, 0) is 17.5 Å². The third kappa shape index (κ3) is 6.61. The lowest BCUT2D eigenvalue weighted by atomic mass is 10.1. The number of urea groups is 1. The van der Waals surface area contributed by atoms with Gasteiger partial charge >= 0.3 is 12.2 Å². The summed E-state index contributed by atoms with van der Waals surface area (Å²) in [6, 6.07) is 9.00. The molecule has 4 N–H and O–H groups in total. The van der Waals surface area contributed by atoms with Crippen LogP contribution in [0.3, 0.4) is 0 Å². The van der Waals surface area contributed by atoms with E-state index in [1.807, 2.05) is 0 Å². The van der Waals surface area contributed by atoms with Crippen molar-refractivity contribution in [3.8, 4) is 0 Å². The molecule has 0 aliphatic carbocycles. The third-order valence-electron chi connectivity index (χ3n) is 4.96. The number of benzene rings is 2. The minimum absolute atomic E-state index is 0.000395. The van der Waals surface area contributed by atoms with Crippen LogP contribution in [0.25, 0.3) is 0 Å². The fourth-order valence-electron chi connectivity index (χ4n) is 3.33. The van der Waals surface area contributed by atoms with Gasteiger partial charge < -0.3 is 26.0 Å². The molecule has 1 heterocycles. The number of hydrogen-bond acceptors (Lipinski definition) is 5. The van der Waals surface area contributed by atoms with Gasteiger partial charge in [0.15, 0.2) is 5.84 Å². The zero-order chi connectivity index (χ0) is 24.9. The Balaban J connectivity index is 1.70. The van der Waals surface area contributed by atoms with Gasteiger partial charge in [0.05, 0.1) is 18.7 Å². The predicted molar refractivity (Wildman–Crippen MR) is 122 cm³/mol. The van der Waals surface area contributed by atoms with E-state index in [1.54, 1.807) is 30.0 Å². The monoisotopic (exact) mass is 497 g/mol. The topological polar surface area (TPSA) is 106 Å². The standard InChI is InChI=1S/C22H23ClF3N5O3/c1-13-10-16(23)6-7-17(13)28-21(34)30-18-12-31(19(29-18)20(33)27-8-9-32)11-14-2-4-15(5-3-14)22(24,25)26/h2-7,10,18,32H,8-9,11-12H2,1H3,(H,27,33)(H2,28,30,34). The van der Waals surface area contributed by atoms with Crippen molar-refractivity contribution in [2.24, 2.45) is 4.99 Å². The van der Waals surface area contributed by atoms with Gasteiger partial charge in [0.2, 0.25) is 0 Å². The molecular weight excluding hydrogens is 475 g/mol. The van der Waals surface area contributed by atoms with Crippen LogP contribution in [0.1, 0.15) is 16.7 Å². The average Bonchev–Trinajstić information content (AvgIpc) is 3.15. The summed E-state index contributed by atoms with van der Waals surface area (Å²) in [5.74, 6) is -0.569. The number of aliphatic imine (C=N–C) groups is 1. The zero-order valence-corrected chi connectivity index (χ0v) is 18.9. The number of rotatable bonds is 7. The second kappa shape index (κ2) is 10.7. The molecule has 34 heavy (non-hydrogen) atoms. The number of halogens is 4. The molecule has 182 valence electrons. The first-order valence-electron chi connectivity index (χ1n) is 10.3. The molecule has 3 amide bonds. The first-order chi connectivity index (χ1) is 16.1. The second-order valence-corrected chi connectivity index (χ2v) is 8.02. The Kier molecular flexibility index (Phi) is 8.00. The van der Waals surface area contributed by atoms with E-state index in [-0.39, 0.29) is 32.1 Å². The maximum atomic E-state index is 12.8. The average molecular weight is 498 g/mol. The van der Waals surface area contributed by atoms with E-state index in [0.29, 0.717) is 16.3 Å². The Morgan fingerprint density at radius 2 is 1.91 bits per heavy atom. The smallest absolute Gasteiger partial charge is 0.395 e. The van der Waals surface area contributed by atoms with Crippen molar-refractivity contribution in [1.82, 2.24) is 15.5 Å². The second-order valence-electron chi connectivity index (χ2n) is 7.58. The molecule has 8 nitrogen and oxygen atoms in total. The van der Waals surface area contributed by atoms with Crippen molar-refractivity contribution in [3.63, 3.8) is 0 Å². The first-order valence-corrected chi connectivity index (χ1v) is 10.7. The molecule has 0 spiro atoms. The van der Waals surface area contributed by atoms with Crippen molar-refractivity contribution in [2.75, 3.05) is 25.0 Å². The number of nitrogens with one attached hydrogen (secondary N) is 3. The van der Waals surface area contributed by atoms with Gasteiger partial charge in [-0.1, -0.05) is 23.7 Å². The molecule has 2 aromatic rings. The molecule has 3 rings (SSSR count). The summed E-state index contributed by atoms with van der Waals surface area (Å²) in [6.07, 6.45) is -5.23. The Bertz CT molecular complexity index is 1080. The number of aryl methyl sites for hydroxylation is 1. The van der Waals surface area contributed by atoms with E-state index in [4.69, 9.17) is 16.7 Å². The van der Waals surface area contributed by atoms with Gasteiger partial charge in [-0.2, -0.15) is 13.2 Å². The van der Waals surface area contributed by atoms with E-state index in [1.165, 1.54) is 12.1 Å². The molecule has 0 saturated carbocycles. The molecule has 1 atom stereocenters. The lowest BCUT2D eigenvalue weighted by Gasteiger charge is -2.21. The van der Waals surface area contributed by atoms with Crippen molar-refractivity contribution >= 4 is 35.1 Å². The number of alkyl halides is 3. The Morgan fingerprint density at radius 1 is 1.21 bits per heavy atom. The van der Waals surface area contributed by atoms with Gasteiger partial charge in [0, 0.05) is 23.8 Å². The number of aliphatic hydroxyl groups excluding tert-OH is 1. The molecule has 0 saturated heterocycles. The maximum absolute atomic E-state index is 12.8. The fourth-order valence-corrected chi connectivity index (χ4v) is 3.56. The number of carbonyl (C=O) groups excluding carboxylic acids is 2. The van der Waals surface area contributed by atoms with Crippen LogP contribution in [0.5, 0.6) is 0 Å². The zero-order valence-electron chi connectivity index (χ0n) is 18.1. The molecule has 1 aliphatic heterocycles. The first kappa shape index (κ1) is 25.3. The van der Waals surface area contributed by atoms with Crippen LogP contribution in [0.2, 0.25) is 5.02 Å². The van der Waals surface area contributed by atoms with E-state index >= 15 is 0 Å². The van der Waals surface area contributed by atoms with Crippen LogP contribution < -0.4 is 16.0 Å². The summed E-state index contributed by atoms with van der Waals surface area (Å²) < 4.78 is 38.5. The number of nitrogens with zero attached hydrogens (tertiary/aromatic N) is 2. The molecular formula is C22H23ClF3N5O3. The summed E-state index contributed by atoms with van der Waals surface area (Å²) in [6.45, 7) is 1.73. The van der Waals surface area contributed by atoms with Crippen molar-refractivity contribution in [1.29, 1.82) is 0 Å². The summed E-state index contributed by atoms with van der Waals surface area (Å²) >= 11 is 5.93. The van der Waals surface area contributed by atoms with Gasteiger partial charge in [0.1, 0.15) is 6.17 Å². The van der Waals surface area contributed by atoms with Gasteiger partial charge in [-0.15, -0.1) is 0 Å². The van der Waals surface area contributed by atoms with E-state index in [2.05, 4.69) is 20.9 Å². The Labute approximate surface area is 198 Å². The SMILES string of the molecule is Cc1cc(Cl)ccc1NC(=O)NC1CN(Cc2ccc(C(F)(F)F)cc2)C(C(=O)NCCO)=N1. The van der Waals surface area contributed by atoms with E-state index in [0.717, 1.165) is 17.7 Å². The quantitative estimate of drug-likeness (QED) is 0.471. The van der Waals surface area contributed by atoms with Crippen LogP contribution in [-0.4, -0.2) is 53.6 Å². The minimum atomic E-state index is -4.45. The Hall–Kier alpha value is -3.31. The van der Waals surface area contributed by atoms with Gasteiger partial charge in [-0.05, 0) is 48.4 Å². The van der Waals surface area contributed by atoms with Crippen LogP contribution in [0.15, 0.2) is 47.5 Å². The molecule has 0 fully saturated rings. The molecule has 0 radical (unpaired) electrons. The highest BCUT2D eigenvalue weighted by molar-refractivity contribution is 6.38. The normalized spacial score (nSPS) is 15.6. The Morgan fingerprint density at radius 3 is 2.53 bits per heavy atom. The highest BCUT2D eigenvalue weighted by atomic mass is 35.5. The number of carbonyl (C=O) groups is 2. The number of aliphatic hydroxyl groups is 1. The summed E-state index contributed by atoms with van der Waals surface area (Å²) in [5.41, 5.74) is 1.05. The van der Waals surface area contributed by atoms with Crippen LogP contribution >= 0.6 is 11.6 Å². The molecule has 1 unspecified atom stereocenters. The summed E-state index contributed by atoms with van der Waals surface area (Å²) in [7, 11) is 0. The van der Waals surface area contributed by atoms with Crippen LogP contribution in [0, 0.1) is 6.92 Å². The molecule has 2 aromatic carbocycles. The largest absolute Gasteiger partial charge is 0.416 e. The van der Waals surface area contributed by atoms with Gasteiger partial charge in [-0.25, -0.2) is 9.79 Å². The fraction of sp³-hybridized carbons (Fsp3) is 0.318. The molecule has 1 aliphatic rings. The van der Waals surface area contributed by atoms with Crippen molar-refractivity contribution in [2.45, 2.75) is 25.8 Å². The maximum Gasteiger partial charge on any atom is 0.416 e. The highest BCUT2D eigenvalue weighted by Gasteiger charge is 2.32. The number of amides is 3. The van der Waals surface area contributed by atoms with E-state index < -0.39 is 29.8 Å². The lowest BCUT2D eigenvalue weighted by molar-refractivity contribution is -0.137.